The van der Waals surface area contributed by atoms with E-state index in [1.807, 2.05) is 42.6 Å². The first-order valence-electron chi connectivity index (χ1n) is 7.23. The summed E-state index contributed by atoms with van der Waals surface area (Å²) >= 11 is 1.42. The molecule has 0 fully saturated rings. The third-order valence-corrected chi connectivity index (χ3v) is 4.96. The first-order chi connectivity index (χ1) is 11.2. The number of aliphatic imine (C=N–C) groups is 1. The topological polar surface area (TPSA) is 94.9 Å². The fraction of sp³-hybridized carbons (Fsp3) is 0.188. The van der Waals surface area contributed by atoms with Gasteiger partial charge < -0.3 is 20.5 Å². The van der Waals surface area contributed by atoms with Crippen LogP contribution >= 0.6 is 11.8 Å². The Bertz CT molecular complexity index is 784. The maximum atomic E-state index is 6.50. The van der Waals surface area contributed by atoms with Crippen molar-refractivity contribution in [2.75, 3.05) is 13.2 Å². The van der Waals surface area contributed by atoms with Crippen LogP contribution < -0.4 is 26.3 Å². The Morgan fingerprint density at radius 2 is 2.00 bits per heavy atom. The molecule has 1 atom stereocenters. The van der Waals surface area contributed by atoms with E-state index in [4.69, 9.17) is 20.9 Å². The highest BCUT2D eigenvalue weighted by Gasteiger charge is 2.38. The number of hydrogen-bond acceptors (Lipinski definition) is 7. The van der Waals surface area contributed by atoms with Crippen molar-refractivity contribution >= 4 is 17.6 Å². The first-order valence-corrected chi connectivity index (χ1v) is 8.05. The smallest absolute Gasteiger partial charge is 0.188 e. The van der Waals surface area contributed by atoms with Crippen LogP contribution in [0.15, 0.2) is 58.2 Å². The lowest BCUT2D eigenvalue weighted by molar-refractivity contribution is 0.171. The molecule has 1 aromatic rings. The normalized spacial score (nSPS) is 28.5. The van der Waals surface area contributed by atoms with Crippen molar-refractivity contribution in [1.82, 2.24) is 5.32 Å². The van der Waals surface area contributed by atoms with Gasteiger partial charge in [0.15, 0.2) is 16.5 Å². The molecular weight excluding hydrogens is 312 g/mol. The lowest BCUT2D eigenvalue weighted by Gasteiger charge is -2.24. The quantitative estimate of drug-likeness (QED) is 0.723. The average molecular weight is 328 g/mol. The SMILES string of the molecule is NC1=NC(N)(c2ccc3c(c2)OCCO3)SC1=C1C=CC=CN1. The third-order valence-electron chi connectivity index (χ3n) is 3.69. The van der Waals surface area contributed by atoms with Gasteiger partial charge in [-0.3, -0.25) is 5.73 Å². The maximum absolute atomic E-state index is 6.50. The van der Waals surface area contributed by atoms with E-state index in [-0.39, 0.29) is 0 Å². The van der Waals surface area contributed by atoms with Gasteiger partial charge in [0.2, 0.25) is 0 Å². The van der Waals surface area contributed by atoms with Gasteiger partial charge in [-0.05, 0) is 24.3 Å². The molecular formula is C16H16N4O2S. The van der Waals surface area contributed by atoms with Crippen LogP contribution in [-0.4, -0.2) is 19.0 Å². The lowest BCUT2D eigenvalue weighted by Crippen LogP contribution is -2.29. The second kappa shape index (κ2) is 5.36. The largest absolute Gasteiger partial charge is 0.486 e. The third kappa shape index (κ3) is 2.47. The summed E-state index contributed by atoms with van der Waals surface area (Å²) in [6.45, 7) is 1.09. The number of dihydropyridines is 1. The number of thioether (sulfide) groups is 1. The van der Waals surface area contributed by atoms with Gasteiger partial charge >= 0.3 is 0 Å². The molecule has 0 aromatic heterocycles. The highest BCUT2D eigenvalue weighted by molar-refractivity contribution is 8.05. The molecule has 4 rings (SSSR count). The molecule has 118 valence electrons. The highest BCUT2D eigenvalue weighted by Crippen LogP contribution is 2.46. The van der Waals surface area contributed by atoms with Crippen molar-refractivity contribution in [3.05, 3.63) is 58.8 Å². The Morgan fingerprint density at radius 3 is 2.78 bits per heavy atom. The van der Waals surface area contributed by atoms with Crippen molar-refractivity contribution in [3.8, 4) is 11.5 Å². The lowest BCUT2D eigenvalue weighted by atomic mass is 10.1. The van der Waals surface area contributed by atoms with Crippen LogP contribution in [-0.2, 0) is 4.99 Å². The van der Waals surface area contributed by atoms with Gasteiger partial charge in [-0.2, -0.15) is 0 Å². The minimum atomic E-state index is -0.973. The van der Waals surface area contributed by atoms with Crippen molar-refractivity contribution < 1.29 is 9.47 Å². The summed E-state index contributed by atoms with van der Waals surface area (Å²) in [6.07, 6.45) is 7.64. The number of amidine groups is 1. The zero-order valence-electron chi connectivity index (χ0n) is 12.3. The number of ether oxygens (including phenoxy) is 2. The van der Waals surface area contributed by atoms with Crippen LogP contribution in [0.1, 0.15) is 5.56 Å². The molecule has 0 saturated carbocycles. The van der Waals surface area contributed by atoms with Gasteiger partial charge in [0.05, 0.1) is 10.6 Å². The molecule has 3 heterocycles. The highest BCUT2D eigenvalue weighted by atomic mass is 32.2. The van der Waals surface area contributed by atoms with Gasteiger partial charge in [-0.15, -0.1) is 0 Å². The molecule has 6 nitrogen and oxygen atoms in total. The number of nitrogens with one attached hydrogen (secondary N) is 1. The number of hydrogen-bond donors (Lipinski definition) is 3. The number of nitrogens with two attached hydrogens (primary N) is 2. The molecule has 1 unspecified atom stereocenters. The van der Waals surface area contributed by atoms with Gasteiger partial charge in [0, 0.05) is 11.8 Å². The molecule has 0 saturated heterocycles. The number of allylic oxidation sites excluding steroid dienone is 3. The van der Waals surface area contributed by atoms with E-state index >= 15 is 0 Å². The molecule has 3 aliphatic rings. The zero-order valence-corrected chi connectivity index (χ0v) is 13.1. The van der Waals surface area contributed by atoms with E-state index in [0.717, 1.165) is 21.9 Å². The minimum Gasteiger partial charge on any atom is -0.486 e. The predicted molar refractivity (Wildman–Crippen MR) is 91.0 cm³/mol. The Balaban J connectivity index is 1.70. The Morgan fingerprint density at radius 1 is 1.17 bits per heavy atom. The molecule has 0 amide bonds. The summed E-state index contributed by atoms with van der Waals surface area (Å²) in [5.41, 5.74) is 14.3. The van der Waals surface area contributed by atoms with Crippen LogP contribution in [0.5, 0.6) is 11.5 Å². The molecule has 5 N–H and O–H groups in total. The predicted octanol–water partition coefficient (Wildman–Crippen LogP) is 1.52. The first kappa shape index (κ1) is 14.2. The van der Waals surface area contributed by atoms with Crippen molar-refractivity contribution in [2.24, 2.45) is 16.5 Å². The summed E-state index contributed by atoms with van der Waals surface area (Å²) in [5, 5.41) is 3.16. The van der Waals surface area contributed by atoms with E-state index in [2.05, 4.69) is 10.3 Å². The van der Waals surface area contributed by atoms with Gasteiger partial charge in [0.25, 0.3) is 0 Å². The van der Waals surface area contributed by atoms with E-state index in [0.29, 0.717) is 24.8 Å². The van der Waals surface area contributed by atoms with E-state index in [1.54, 1.807) is 0 Å². The van der Waals surface area contributed by atoms with E-state index in [1.165, 1.54) is 11.8 Å². The molecule has 7 heteroatoms. The van der Waals surface area contributed by atoms with Crippen molar-refractivity contribution in [3.63, 3.8) is 0 Å². The zero-order chi connectivity index (χ0) is 15.9. The Hall–Kier alpha value is -2.38. The van der Waals surface area contributed by atoms with Crippen LogP contribution in [0.3, 0.4) is 0 Å². The Labute approximate surface area is 137 Å². The molecule has 0 radical (unpaired) electrons. The summed E-state index contributed by atoms with van der Waals surface area (Å²) in [7, 11) is 0. The number of benzene rings is 1. The number of fused-ring (bicyclic) bond motifs is 1. The summed E-state index contributed by atoms with van der Waals surface area (Å²) in [6, 6.07) is 5.63. The molecule has 0 spiro atoms. The summed E-state index contributed by atoms with van der Waals surface area (Å²) < 4.78 is 11.2. The van der Waals surface area contributed by atoms with Crippen LogP contribution in [0.2, 0.25) is 0 Å². The van der Waals surface area contributed by atoms with Gasteiger partial charge in [-0.1, -0.05) is 23.9 Å². The number of rotatable bonds is 1. The molecule has 23 heavy (non-hydrogen) atoms. The second-order valence-corrected chi connectivity index (χ2v) is 6.49. The average Bonchev–Trinajstić information content (AvgIpc) is 2.91. The monoisotopic (exact) mass is 328 g/mol. The second-order valence-electron chi connectivity index (χ2n) is 5.26. The maximum Gasteiger partial charge on any atom is 0.188 e. The van der Waals surface area contributed by atoms with Crippen LogP contribution in [0.4, 0.5) is 0 Å². The standard InChI is InChI=1S/C16H16N4O2S/c17-15-14(11-3-1-2-6-19-11)23-16(18,20-15)10-4-5-12-13(9-10)22-8-7-21-12/h1-6,9,19H,7-8,18H2,(H2,17,20). The van der Waals surface area contributed by atoms with Crippen molar-refractivity contribution in [2.45, 2.75) is 4.99 Å². The van der Waals surface area contributed by atoms with E-state index < -0.39 is 4.99 Å². The molecule has 0 bridgehead atoms. The fourth-order valence-electron chi connectivity index (χ4n) is 2.58. The van der Waals surface area contributed by atoms with Gasteiger partial charge in [-0.25, -0.2) is 4.99 Å². The number of nitrogens with zero attached hydrogens (tertiary/aromatic N) is 1. The molecule has 3 aliphatic heterocycles. The molecule has 1 aromatic carbocycles. The Kier molecular flexibility index (Phi) is 3.32. The van der Waals surface area contributed by atoms with Gasteiger partial charge in [0.1, 0.15) is 19.0 Å². The molecule has 0 aliphatic carbocycles. The minimum absolute atomic E-state index is 0.426. The van der Waals surface area contributed by atoms with Crippen LogP contribution in [0, 0.1) is 0 Å². The van der Waals surface area contributed by atoms with Crippen LogP contribution in [0.25, 0.3) is 0 Å². The van der Waals surface area contributed by atoms with E-state index in [9.17, 15) is 0 Å². The van der Waals surface area contributed by atoms with Crippen molar-refractivity contribution in [1.29, 1.82) is 0 Å². The summed E-state index contributed by atoms with van der Waals surface area (Å²) in [5.74, 6) is 1.84. The summed E-state index contributed by atoms with van der Waals surface area (Å²) in [4.78, 5) is 4.34. The fourth-order valence-corrected chi connectivity index (χ4v) is 3.66.